The van der Waals surface area contributed by atoms with Crippen molar-refractivity contribution < 1.29 is 10.0 Å². The maximum absolute atomic E-state index is 10.0. The molecule has 2 nitrogen and oxygen atoms in total. The summed E-state index contributed by atoms with van der Waals surface area (Å²) < 4.78 is 0. The number of hydrogen-bond acceptors (Lipinski definition) is 2. The van der Waals surface area contributed by atoms with E-state index < -0.39 is 12.5 Å². The number of rotatable bonds is 1. The maximum Gasteiger partial charge on any atom is 0.489 e. The van der Waals surface area contributed by atoms with E-state index in [1.165, 1.54) is 22.3 Å². The normalized spacial score (nSPS) is 23.0. The van der Waals surface area contributed by atoms with Crippen molar-refractivity contribution in [2.24, 2.45) is 5.41 Å². The van der Waals surface area contributed by atoms with Gasteiger partial charge in [0, 0.05) is 0 Å². The average Bonchev–Trinajstić information content (AvgIpc) is 3.29. The lowest BCUT2D eigenvalue weighted by Gasteiger charge is -2.38. The first-order valence-electron chi connectivity index (χ1n) is 9.52. The average molecular weight is 360 g/mol. The van der Waals surface area contributed by atoms with Crippen LogP contribution in [0.4, 0.5) is 0 Å². The Kier molecular flexibility index (Phi) is 3.09. The molecule has 0 radical (unpaired) electrons. The minimum atomic E-state index is -1.50. The van der Waals surface area contributed by atoms with Crippen molar-refractivity contribution in [3.63, 3.8) is 0 Å². The Balaban J connectivity index is 1.61. The lowest BCUT2D eigenvalue weighted by Crippen LogP contribution is -2.28. The highest BCUT2D eigenvalue weighted by molar-refractivity contribution is 6.54. The van der Waals surface area contributed by atoms with E-state index in [2.05, 4.69) is 72.9 Å². The number of benzene rings is 2. The van der Waals surface area contributed by atoms with Crippen molar-refractivity contribution in [2.75, 3.05) is 0 Å². The molecule has 0 aliphatic heterocycles. The summed E-state index contributed by atoms with van der Waals surface area (Å²) in [5.74, 6) is 0. The summed E-state index contributed by atoms with van der Waals surface area (Å²) in [6, 6.07) is 16.6. The van der Waals surface area contributed by atoms with Crippen molar-refractivity contribution in [1.29, 1.82) is 0 Å². The van der Waals surface area contributed by atoms with Crippen LogP contribution in [0.3, 0.4) is 0 Å². The maximum atomic E-state index is 10.0. The molecular weight excluding hydrogens is 343 g/mol. The van der Waals surface area contributed by atoms with Crippen molar-refractivity contribution >= 4 is 30.4 Å². The summed E-state index contributed by atoms with van der Waals surface area (Å²) in [4.78, 5) is 0. The van der Waals surface area contributed by atoms with Crippen LogP contribution in [0.25, 0.3) is 23.3 Å². The fraction of sp³-hybridized carbons (Fsp3) is 0.0400. The van der Waals surface area contributed by atoms with Crippen molar-refractivity contribution in [2.45, 2.75) is 0 Å². The van der Waals surface area contributed by atoms with Gasteiger partial charge in [0.05, 0.1) is 5.41 Å². The molecule has 1 atom stereocenters. The van der Waals surface area contributed by atoms with Gasteiger partial charge in [-0.2, -0.15) is 0 Å². The van der Waals surface area contributed by atoms with Crippen LogP contribution in [0.2, 0.25) is 0 Å². The third-order valence-electron chi connectivity index (χ3n) is 6.25. The molecule has 6 rings (SSSR count). The molecule has 132 valence electrons. The Morgan fingerprint density at radius 3 is 2.21 bits per heavy atom. The monoisotopic (exact) mass is 360 g/mol. The minimum absolute atomic E-state index is 0.407. The molecular formula is C25H17BO2. The van der Waals surface area contributed by atoms with Gasteiger partial charge in [0.2, 0.25) is 0 Å². The molecule has 3 heteroatoms. The Morgan fingerprint density at radius 2 is 1.43 bits per heavy atom. The number of fused-ring (bicyclic) bond motifs is 8. The lowest BCUT2D eigenvalue weighted by atomic mass is 9.60. The van der Waals surface area contributed by atoms with E-state index >= 15 is 0 Å². The zero-order chi connectivity index (χ0) is 18.9. The molecule has 1 unspecified atom stereocenters. The third-order valence-corrected chi connectivity index (χ3v) is 6.25. The smallest absolute Gasteiger partial charge is 0.423 e. The van der Waals surface area contributed by atoms with Crippen molar-refractivity contribution in [3.05, 3.63) is 118 Å². The summed E-state index contributed by atoms with van der Waals surface area (Å²) in [7, 11) is -1.50. The summed E-state index contributed by atoms with van der Waals surface area (Å²) in [6.45, 7) is 0. The summed E-state index contributed by atoms with van der Waals surface area (Å²) in [6.07, 6.45) is 15.0. The van der Waals surface area contributed by atoms with E-state index in [1.54, 1.807) is 0 Å². The lowest BCUT2D eigenvalue weighted by molar-refractivity contribution is 0.420. The van der Waals surface area contributed by atoms with Crippen LogP contribution >= 0.6 is 0 Å². The first-order valence-corrected chi connectivity index (χ1v) is 9.52. The van der Waals surface area contributed by atoms with Gasteiger partial charge in [0.15, 0.2) is 0 Å². The van der Waals surface area contributed by atoms with Crippen LogP contribution < -0.4 is 0 Å². The van der Waals surface area contributed by atoms with E-state index in [0.717, 1.165) is 22.3 Å². The molecule has 0 amide bonds. The molecule has 0 bridgehead atoms. The highest BCUT2D eigenvalue weighted by Crippen LogP contribution is 2.59. The van der Waals surface area contributed by atoms with Crippen molar-refractivity contribution in [3.8, 4) is 0 Å². The fourth-order valence-electron chi connectivity index (χ4n) is 5.00. The van der Waals surface area contributed by atoms with Gasteiger partial charge in [-0.15, -0.1) is 0 Å². The molecule has 0 heterocycles. The minimum Gasteiger partial charge on any atom is -0.423 e. The summed E-state index contributed by atoms with van der Waals surface area (Å²) >= 11 is 0. The van der Waals surface area contributed by atoms with E-state index in [4.69, 9.17) is 0 Å². The predicted octanol–water partition coefficient (Wildman–Crippen LogP) is 4.46. The first kappa shape index (κ1) is 15.9. The van der Waals surface area contributed by atoms with Crippen LogP contribution in [0.1, 0.15) is 22.3 Å². The standard InChI is InChI=1S/C25H17BO2/c27-26(28)23-11-13-25(22-15-17-7-2-4-9-19(17)24(22)23)12-5-10-20-18-8-3-1-6-16(18)14-21(20)25/h1-15,27-28H. The van der Waals surface area contributed by atoms with Gasteiger partial charge < -0.3 is 10.0 Å². The van der Waals surface area contributed by atoms with E-state index in [-0.39, 0.29) is 0 Å². The second-order valence-electron chi connectivity index (χ2n) is 7.64. The van der Waals surface area contributed by atoms with E-state index in [0.29, 0.717) is 5.47 Å². The molecule has 1 spiro atoms. The molecule has 2 aromatic carbocycles. The summed E-state index contributed by atoms with van der Waals surface area (Å²) in [5, 5.41) is 20.1. The quantitative estimate of drug-likeness (QED) is 0.738. The van der Waals surface area contributed by atoms with Crippen LogP contribution in [0.5, 0.6) is 0 Å². The molecule has 0 saturated carbocycles. The Hall–Kier alpha value is -3.14. The summed E-state index contributed by atoms with van der Waals surface area (Å²) in [5.41, 5.74) is 9.36. The molecule has 0 fully saturated rings. The molecule has 0 aromatic heterocycles. The second-order valence-corrected chi connectivity index (χ2v) is 7.64. The van der Waals surface area contributed by atoms with Gasteiger partial charge in [-0.05, 0) is 62.2 Å². The van der Waals surface area contributed by atoms with Crippen LogP contribution in [0, 0.1) is 5.41 Å². The first-order chi connectivity index (χ1) is 13.7. The van der Waals surface area contributed by atoms with Gasteiger partial charge in [-0.25, -0.2) is 0 Å². The molecule has 2 N–H and O–H groups in total. The number of allylic oxidation sites excluding steroid dienone is 10. The molecule has 4 aliphatic rings. The highest BCUT2D eigenvalue weighted by Gasteiger charge is 2.45. The van der Waals surface area contributed by atoms with Gasteiger partial charge in [-0.3, -0.25) is 0 Å². The zero-order valence-electron chi connectivity index (χ0n) is 15.1. The largest absolute Gasteiger partial charge is 0.489 e. The van der Waals surface area contributed by atoms with E-state index in [9.17, 15) is 10.0 Å². The predicted molar refractivity (Wildman–Crippen MR) is 115 cm³/mol. The van der Waals surface area contributed by atoms with Crippen LogP contribution in [-0.4, -0.2) is 17.2 Å². The number of hydrogen-bond donors (Lipinski definition) is 2. The Bertz CT molecular complexity index is 1240. The van der Waals surface area contributed by atoms with Gasteiger partial charge in [0.1, 0.15) is 0 Å². The highest BCUT2D eigenvalue weighted by atomic mass is 16.4. The Morgan fingerprint density at radius 1 is 0.750 bits per heavy atom. The van der Waals surface area contributed by atoms with Crippen LogP contribution in [-0.2, 0) is 0 Å². The molecule has 2 aromatic rings. The fourth-order valence-corrected chi connectivity index (χ4v) is 5.00. The van der Waals surface area contributed by atoms with E-state index in [1.807, 2.05) is 18.2 Å². The second kappa shape index (κ2) is 5.45. The van der Waals surface area contributed by atoms with Gasteiger partial charge in [0.25, 0.3) is 0 Å². The van der Waals surface area contributed by atoms with Crippen LogP contribution in [0.15, 0.2) is 95.5 Å². The topological polar surface area (TPSA) is 40.5 Å². The van der Waals surface area contributed by atoms with Gasteiger partial charge in [-0.1, -0.05) is 78.9 Å². The molecule has 28 heavy (non-hydrogen) atoms. The van der Waals surface area contributed by atoms with Crippen molar-refractivity contribution in [1.82, 2.24) is 0 Å². The Labute approximate surface area is 164 Å². The zero-order valence-corrected chi connectivity index (χ0v) is 15.1. The van der Waals surface area contributed by atoms with Gasteiger partial charge >= 0.3 is 7.12 Å². The third kappa shape index (κ3) is 1.90. The molecule has 0 saturated heterocycles. The SMILES string of the molecule is OB(O)C1=C2C(=Cc3ccccc32)C2(C=CC=C3C2=Cc2ccccc23)C=C1. The molecule has 4 aliphatic carbocycles.